The zero-order valence-corrected chi connectivity index (χ0v) is 12.5. The van der Waals surface area contributed by atoms with Crippen LogP contribution in [0.3, 0.4) is 0 Å². The molecular weight excluding hydrogens is 234 g/mol. The minimum atomic E-state index is -0.0434. The van der Waals surface area contributed by atoms with Gasteiger partial charge in [0.25, 0.3) is 0 Å². The smallest absolute Gasteiger partial charge is 0.123 e. The molecule has 1 aromatic carbocycles. The van der Waals surface area contributed by atoms with Crippen LogP contribution in [0.5, 0.6) is 5.75 Å². The van der Waals surface area contributed by atoms with E-state index in [0.29, 0.717) is 6.04 Å². The molecule has 104 valence electrons. The van der Waals surface area contributed by atoms with Crippen molar-refractivity contribution >= 4 is 0 Å². The van der Waals surface area contributed by atoms with E-state index in [0.717, 1.165) is 24.0 Å². The Morgan fingerprint density at radius 3 is 2.68 bits per heavy atom. The summed E-state index contributed by atoms with van der Waals surface area (Å²) in [5.74, 6) is 2.71. The average molecular weight is 259 g/mol. The van der Waals surface area contributed by atoms with Crippen molar-refractivity contribution in [3.63, 3.8) is 0 Å². The first-order valence-electron chi connectivity index (χ1n) is 7.49. The largest absolute Gasteiger partial charge is 0.487 e. The summed E-state index contributed by atoms with van der Waals surface area (Å²) in [5, 5.41) is 3.51. The van der Waals surface area contributed by atoms with Crippen molar-refractivity contribution in [3.8, 4) is 5.75 Å². The first kappa shape index (κ1) is 13.0. The fraction of sp³-hybridized carbons (Fsp3) is 0.647. The standard InChI is InChI=1S/C17H25NO/c1-11(12-5-6-12)16(18-4)13-7-8-15-14(9-13)10-17(2,3)19-15/h7-9,11-12,16,18H,5-6,10H2,1-4H3. The summed E-state index contributed by atoms with van der Waals surface area (Å²) < 4.78 is 5.96. The zero-order chi connectivity index (χ0) is 13.6. The fourth-order valence-electron chi connectivity index (χ4n) is 3.45. The Kier molecular flexibility index (Phi) is 3.09. The molecule has 19 heavy (non-hydrogen) atoms. The highest BCUT2D eigenvalue weighted by molar-refractivity contribution is 5.42. The number of rotatable bonds is 4. The highest BCUT2D eigenvalue weighted by Crippen LogP contribution is 2.44. The van der Waals surface area contributed by atoms with Gasteiger partial charge < -0.3 is 10.1 Å². The van der Waals surface area contributed by atoms with Crippen LogP contribution in [0.15, 0.2) is 18.2 Å². The summed E-state index contributed by atoms with van der Waals surface area (Å²) in [5.41, 5.74) is 2.74. The number of hydrogen-bond donors (Lipinski definition) is 1. The molecule has 0 bridgehead atoms. The molecule has 3 rings (SSSR count). The molecule has 0 spiro atoms. The number of fused-ring (bicyclic) bond motifs is 1. The van der Waals surface area contributed by atoms with Crippen LogP contribution in [-0.2, 0) is 6.42 Å². The van der Waals surface area contributed by atoms with Crippen molar-refractivity contribution in [2.45, 2.75) is 51.7 Å². The van der Waals surface area contributed by atoms with Crippen molar-refractivity contribution < 1.29 is 4.74 Å². The van der Waals surface area contributed by atoms with Crippen LogP contribution in [0.25, 0.3) is 0 Å². The van der Waals surface area contributed by atoms with Crippen LogP contribution in [0, 0.1) is 11.8 Å². The van der Waals surface area contributed by atoms with E-state index >= 15 is 0 Å². The second-order valence-electron chi connectivity index (χ2n) is 6.87. The van der Waals surface area contributed by atoms with E-state index < -0.39 is 0 Å². The molecule has 2 atom stereocenters. The van der Waals surface area contributed by atoms with Gasteiger partial charge in [0.15, 0.2) is 0 Å². The van der Waals surface area contributed by atoms with E-state index in [2.05, 4.69) is 51.3 Å². The van der Waals surface area contributed by atoms with Gasteiger partial charge in [-0.2, -0.15) is 0 Å². The Hall–Kier alpha value is -1.02. The average Bonchev–Trinajstić information content (AvgIpc) is 3.12. The molecule has 1 heterocycles. The van der Waals surface area contributed by atoms with E-state index in [4.69, 9.17) is 4.74 Å². The van der Waals surface area contributed by atoms with Crippen molar-refractivity contribution in [2.75, 3.05) is 7.05 Å². The molecule has 1 aliphatic carbocycles. The van der Waals surface area contributed by atoms with Gasteiger partial charge >= 0.3 is 0 Å². The van der Waals surface area contributed by atoms with Crippen molar-refractivity contribution in [3.05, 3.63) is 29.3 Å². The van der Waals surface area contributed by atoms with Gasteiger partial charge in [0, 0.05) is 12.5 Å². The van der Waals surface area contributed by atoms with Crippen LogP contribution in [0.4, 0.5) is 0 Å². The first-order valence-corrected chi connectivity index (χ1v) is 7.49. The van der Waals surface area contributed by atoms with E-state index in [9.17, 15) is 0 Å². The van der Waals surface area contributed by atoms with Gasteiger partial charge in [0.1, 0.15) is 11.4 Å². The lowest BCUT2D eigenvalue weighted by atomic mass is 9.89. The minimum absolute atomic E-state index is 0.0434. The van der Waals surface area contributed by atoms with Gasteiger partial charge in [-0.3, -0.25) is 0 Å². The zero-order valence-electron chi connectivity index (χ0n) is 12.5. The molecule has 1 saturated carbocycles. The predicted molar refractivity (Wildman–Crippen MR) is 78.5 cm³/mol. The third-order valence-corrected chi connectivity index (χ3v) is 4.65. The quantitative estimate of drug-likeness (QED) is 0.890. The third kappa shape index (κ3) is 2.51. The molecule has 2 nitrogen and oxygen atoms in total. The molecule has 0 aromatic heterocycles. The van der Waals surface area contributed by atoms with Crippen LogP contribution in [0.1, 0.15) is 50.8 Å². The van der Waals surface area contributed by atoms with E-state index in [1.807, 2.05) is 0 Å². The normalized spacial score (nSPS) is 23.6. The van der Waals surface area contributed by atoms with Gasteiger partial charge in [-0.05, 0) is 62.8 Å². The Labute approximate surface area is 116 Å². The summed E-state index contributed by atoms with van der Waals surface area (Å²) in [6.45, 7) is 6.70. The molecule has 1 aromatic rings. The topological polar surface area (TPSA) is 21.3 Å². The fourth-order valence-corrected chi connectivity index (χ4v) is 3.45. The SMILES string of the molecule is CNC(c1ccc2c(c1)CC(C)(C)O2)C(C)C1CC1. The molecular formula is C17H25NO. The molecule has 1 aliphatic heterocycles. The molecule has 2 heteroatoms. The maximum absolute atomic E-state index is 5.96. The summed E-state index contributed by atoms with van der Waals surface area (Å²) in [6.07, 6.45) is 3.82. The Morgan fingerprint density at radius 1 is 1.32 bits per heavy atom. The number of hydrogen-bond acceptors (Lipinski definition) is 2. The van der Waals surface area contributed by atoms with E-state index in [1.165, 1.54) is 24.0 Å². The van der Waals surface area contributed by atoms with Crippen LogP contribution >= 0.6 is 0 Å². The molecule has 0 saturated heterocycles. The highest BCUT2D eigenvalue weighted by atomic mass is 16.5. The second kappa shape index (κ2) is 4.52. The lowest BCUT2D eigenvalue weighted by molar-refractivity contribution is 0.138. The lowest BCUT2D eigenvalue weighted by Crippen LogP contribution is -2.25. The summed E-state index contributed by atoms with van der Waals surface area (Å²) in [6, 6.07) is 7.22. The minimum Gasteiger partial charge on any atom is -0.487 e. The number of benzene rings is 1. The third-order valence-electron chi connectivity index (χ3n) is 4.65. The van der Waals surface area contributed by atoms with Gasteiger partial charge in [0.05, 0.1) is 0 Å². The molecule has 1 fully saturated rings. The number of nitrogens with one attached hydrogen (secondary N) is 1. The highest BCUT2D eigenvalue weighted by Gasteiger charge is 2.35. The van der Waals surface area contributed by atoms with Gasteiger partial charge in [0.2, 0.25) is 0 Å². The van der Waals surface area contributed by atoms with Crippen molar-refractivity contribution in [2.24, 2.45) is 11.8 Å². The van der Waals surface area contributed by atoms with Crippen LogP contribution in [0.2, 0.25) is 0 Å². The summed E-state index contributed by atoms with van der Waals surface area (Å²) >= 11 is 0. The second-order valence-corrected chi connectivity index (χ2v) is 6.87. The van der Waals surface area contributed by atoms with Crippen molar-refractivity contribution in [1.82, 2.24) is 5.32 Å². The Morgan fingerprint density at radius 2 is 2.05 bits per heavy atom. The maximum Gasteiger partial charge on any atom is 0.123 e. The summed E-state index contributed by atoms with van der Waals surface area (Å²) in [4.78, 5) is 0. The maximum atomic E-state index is 5.96. The van der Waals surface area contributed by atoms with Gasteiger partial charge in [-0.1, -0.05) is 19.1 Å². The van der Waals surface area contributed by atoms with Crippen LogP contribution < -0.4 is 10.1 Å². The Bertz CT molecular complexity index is 476. The summed E-state index contributed by atoms with van der Waals surface area (Å²) in [7, 11) is 2.08. The van der Waals surface area contributed by atoms with Gasteiger partial charge in [-0.25, -0.2) is 0 Å². The molecule has 0 radical (unpaired) electrons. The molecule has 2 unspecified atom stereocenters. The van der Waals surface area contributed by atoms with Crippen molar-refractivity contribution in [1.29, 1.82) is 0 Å². The molecule has 2 aliphatic rings. The van der Waals surface area contributed by atoms with Crippen LogP contribution in [-0.4, -0.2) is 12.6 Å². The first-order chi connectivity index (χ1) is 9.00. The monoisotopic (exact) mass is 259 g/mol. The molecule has 0 amide bonds. The lowest BCUT2D eigenvalue weighted by Gasteiger charge is -2.24. The predicted octanol–water partition coefficient (Wildman–Crippen LogP) is 3.71. The number of ether oxygens (including phenoxy) is 1. The van der Waals surface area contributed by atoms with E-state index in [-0.39, 0.29) is 5.60 Å². The van der Waals surface area contributed by atoms with Gasteiger partial charge in [-0.15, -0.1) is 0 Å². The van der Waals surface area contributed by atoms with E-state index in [1.54, 1.807) is 0 Å². The molecule has 1 N–H and O–H groups in total. The Balaban J connectivity index is 1.85.